The van der Waals surface area contributed by atoms with Gasteiger partial charge in [-0.1, -0.05) is 17.8 Å². The molecule has 0 fully saturated rings. The number of aromatic amines is 1. The first-order chi connectivity index (χ1) is 9.66. The highest BCUT2D eigenvalue weighted by atomic mass is 32.2. The maximum atomic E-state index is 13.9. The lowest BCUT2D eigenvalue weighted by Gasteiger charge is -2.06. The molecule has 3 rings (SSSR count). The Morgan fingerprint density at radius 2 is 2.15 bits per heavy atom. The number of halogens is 1. The summed E-state index contributed by atoms with van der Waals surface area (Å²) in [4.78, 5) is 26.0. The highest BCUT2D eigenvalue weighted by molar-refractivity contribution is 7.99. The van der Waals surface area contributed by atoms with Crippen LogP contribution < -0.4 is 0 Å². The summed E-state index contributed by atoms with van der Waals surface area (Å²) in [5.41, 5.74) is 0.870. The Hall–Kier alpha value is -2.48. The van der Waals surface area contributed by atoms with E-state index in [9.17, 15) is 9.18 Å². The third-order valence-electron chi connectivity index (χ3n) is 2.58. The number of hydrogen-bond acceptors (Lipinski definition) is 5. The molecule has 3 aromatic rings. The van der Waals surface area contributed by atoms with Gasteiger partial charge in [0.15, 0.2) is 5.65 Å². The van der Waals surface area contributed by atoms with E-state index in [0.29, 0.717) is 16.2 Å². The van der Waals surface area contributed by atoms with Crippen LogP contribution in [-0.2, 0) is 0 Å². The van der Waals surface area contributed by atoms with Crippen molar-refractivity contribution in [1.29, 1.82) is 0 Å². The summed E-state index contributed by atoms with van der Waals surface area (Å²) in [6.45, 7) is 0. The molecule has 0 aliphatic carbocycles. The summed E-state index contributed by atoms with van der Waals surface area (Å²) in [6, 6.07) is 3.91. The lowest BCUT2D eigenvalue weighted by Crippen LogP contribution is -2.01. The first-order valence-corrected chi connectivity index (χ1v) is 6.32. The summed E-state index contributed by atoms with van der Waals surface area (Å²) in [7, 11) is 0. The Balaban J connectivity index is 2.12. The molecule has 2 aromatic heterocycles. The number of hydrogen-bond donors (Lipinski definition) is 2. The van der Waals surface area contributed by atoms with E-state index in [2.05, 4.69) is 19.9 Å². The molecule has 2 N–H and O–H groups in total. The Morgan fingerprint density at radius 1 is 1.30 bits per heavy atom. The fourth-order valence-electron chi connectivity index (χ4n) is 1.70. The van der Waals surface area contributed by atoms with Gasteiger partial charge in [0.2, 0.25) is 0 Å². The van der Waals surface area contributed by atoms with Gasteiger partial charge in [-0.25, -0.2) is 24.1 Å². The van der Waals surface area contributed by atoms with Crippen molar-refractivity contribution in [1.82, 2.24) is 19.9 Å². The molecule has 1 aromatic carbocycles. The van der Waals surface area contributed by atoms with E-state index in [0.717, 1.165) is 11.8 Å². The Bertz CT molecular complexity index is 805. The lowest BCUT2D eigenvalue weighted by atomic mass is 10.2. The largest absolute Gasteiger partial charge is 0.478 e. The molecule has 0 spiro atoms. The number of carbonyl (C=O) groups is 1. The van der Waals surface area contributed by atoms with Crippen molar-refractivity contribution in [3.63, 3.8) is 0 Å². The average Bonchev–Trinajstić information content (AvgIpc) is 2.90. The minimum atomic E-state index is -1.19. The summed E-state index contributed by atoms with van der Waals surface area (Å²) >= 11 is 0.925. The fraction of sp³-hybridized carbons (Fsp3) is 0. The molecule has 0 saturated heterocycles. The van der Waals surface area contributed by atoms with Gasteiger partial charge in [0, 0.05) is 0 Å². The predicted octanol–water partition coefficient (Wildman–Crippen LogP) is 2.34. The van der Waals surface area contributed by atoms with Gasteiger partial charge in [0.05, 0.1) is 16.8 Å². The summed E-state index contributed by atoms with van der Waals surface area (Å²) < 4.78 is 13.9. The van der Waals surface area contributed by atoms with Gasteiger partial charge in [-0.3, -0.25) is 0 Å². The van der Waals surface area contributed by atoms with Crippen LogP contribution in [0.1, 0.15) is 10.4 Å². The Kier molecular flexibility index (Phi) is 3.07. The van der Waals surface area contributed by atoms with Gasteiger partial charge < -0.3 is 10.1 Å². The normalized spacial score (nSPS) is 10.8. The molecule has 0 radical (unpaired) electrons. The second kappa shape index (κ2) is 4.89. The van der Waals surface area contributed by atoms with Gasteiger partial charge in [0.25, 0.3) is 0 Å². The molecular formula is C12H7FN4O2S. The molecule has 20 heavy (non-hydrogen) atoms. The zero-order valence-corrected chi connectivity index (χ0v) is 10.7. The van der Waals surface area contributed by atoms with Crippen LogP contribution in [0.4, 0.5) is 4.39 Å². The van der Waals surface area contributed by atoms with Crippen LogP contribution in [0.3, 0.4) is 0 Å². The summed E-state index contributed by atoms with van der Waals surface area (Å²) in [5.74, 6) is -1.80. The number of aromatic nitrogens is 4. The van der Waals surface area contributed by atoms with Crippen molar-refractivity contribution in [2.75, 3.05) is 0 Å². The summed E-state index contributed by atoms with van der Waals surface area (Å²) in [6.07, 6.45) is 2.75. The van der Waals surface area contributed by atoms with Crippen molar-refractivity contribution in [3.8, 4) is 0 Å². The zero-order valence-electron chi connectivity index (χ0n) is 9.87. The number of benzene rings is 1. The number of H-pyrrole nitrogens is 1. The fourth-order valence-corrected chi connectivity index (χ4v) is 2.67. The minimum absolute atomic E-state index is 0.00889. The van der Waals surface area contributed by atoms with E-state index < -0.39 is 11.8 Å². The van der Waals surface area contributed by atoms with Crippen LogP contribution in [0, 0.1) is 5.82 Å². The Labute approximate surface area is 116 Å². The molecule has 0 saturated carbocycles. The van der Waals surface area contributed by atoms with Crippen LogP contribution in [0.5, 0.6) is 0 Å². The smallest absolute Gasteiger partial charge is 0.336 e. The molecule has 8 heteroatoms. The zero-order chi connectivity index (χ0) is 14.1. The molecule has 0 bridgehead atoms. The number of carboxylic acids is 1. The van der Waals surface area contributed by atoms with Crippen molar-refractivity contribution in [2.24, 2.45) is 0 Å². The van der Waals surface area contributed by atoms with Crippen LogP contribution in [0.25, 0.3) is 11.2 Å². The van der Waals surface area contributed by atoms with Gasteiger partial charge in [-0.2, -0.15) is 0 Å². The molecular weight excluding hydrogens is 283 g/mol. The maximum absolute atomic E-state index is 13.9. The predicted molar refractivity (Wildman–Crippen MR) is 69.2 cm³/mol. The molecule has 0 unspecified atom stereocenters. The van der Waals surface area contributed by atoms with Gasteiger partial charge >= 0.3 is 5.97 Å². The topological polar surface area (TPSA) is 91.8 Å². The molecule has 2 heterocycles. The number of aromatic carboxylic acids is 1. The quantitative estimate of drug-likeness (QED) is 0.719. The minimum Gasteiger partial charge on any atom is -0.478 e. The molecule has 100 valence electrons. The van der Waals surface area contributed by atoms with E-state index in [4.69, 9.17) is 5.11 Å². The number of nitrogens with zero attached hydrogens (tertiary/aromatic N) is 3. The van der Waals surface area contributed by atoms with E-state index in [1.165, 1.54) is 30.9 Å². The molecule has 0 amide bonds. The first-order valence-electron chi connectivity index (χ1n) is 5.50. The third kappa shape index (κ3) is 2.10. The average molecular weight is 290 g/mol. The molecule has 0 aliphatic rings. The highest BCUT2D eigenvalue weighted by Gasteiger charge is 2.17. The second-order valence-corrected chi connectivity index (χ2v) is 4.80. The van der Waals surface area contributed by atoms with Gasteiger partial charge in [-0.05, 0) is 12.1 Å². The van der Waals surface area contributed by atoms with Crippen molar-refractivity contribution >= 4 is 28.9 Å². The van der Waals surface area contributed by atoms with Crippen LogP contribution in [0.15, 0.2) is 40.8 Å². The Morgan fingerprint density at radius 3 is 2.95 bits per heavy atom. The number of carboxylic acid groups (broad SMARTS) is 1. The maximum Gasteiger partial charge on any atom is 0.336 e. The first kappa shape index (κ1) is 12.5. The van der Waals surface area contributed by atoms with E-state index in [-0.39, 0.29) is 10.5 Å². The standard InChI is InChI=1S/C12H7FN4O2S/c13-7-3-1-2-6(12(18)19)9(7)20-11-8-10(15-4-14-8)16-5-17-11/h1-5H,(H,18,19)(H,14,15,16,17). The van der Waals surface area contributed by atoms with E-state index >= 15 is 0 Å². The number of nitrogens with one attached hydrogen (secondary N) is 1. The van der Waals surface area contributed by atoms with Crippen molar-refractivity contribution < 1.29 is 14.3 Å². The van der Waals surface area contributed by atoms with Gasteiger partial charge in [-0.15, -0.1) is 0 Å². The van der Waals surface area contributed by atoms with Crippen LogP contribution in [0.2, 0.25) is 0 Å². The molecule has 0 aliphatic heterocycles. The van der Waals surface area contributed by atoms with E-state index in [1.54, 1.807) is 0 Å². The van der Waals surface area contributed by atoms with Crippen LogP contribution >= 0.6 is 11.8 Å². The highest BCUT2D eigenvalue weighted by Crippen LogP contribution is 2.34. The van der Waals surface area contributed by atoms with Crippen molar-refractivity contribution in [2.45, 2.75) is 9.92 Å². The number of fused-ring (bicyclic) bond motifs is 1. The lowest BCUT2D eigenvalue weighted by molar-refractivity contribution is 0.0692. The van der Waals surface area contributed by atoms with Crippen molar-refractivity contribution in [3.05, 3.63) is 42.2 Å². The molecule has 6 nitrogen and oxygen atoms in total. The van der Waals surface area contributed by atoms with E-state index in [1.807, 2.05) is 0 Å². The second-order valence-electron chi connectivity index (χ2n) is 3.80. The van der Waals surface area contributed by atoms with Gasteiger partial charge in [0.1, 0.15) is 22.7 Å². The SMILES string of the molecule is O=C(O)c1cccc(F)c1Sc1ncnc2nc[nH]c12. The van der Waals surface area contributed by atoms with Crippen LogP contribution in [-0.4, -0.2) is 31.0 Å². The third-order valence-corrected chi connectivity index (χ3v) is 3.71. The number of rotatable bonds is 3. The molecule has 0 atom stereocenters. The number of imidazole rings is 1. The monoisotopic (exact) mass is 290 g/mol. The summed E-state index contributed by atoms with van der Waals surface area (Å²) in [5, 5.41) is 9.53.